The van der Waals surface area contributed by atoms with E-state index in [-0.39, 0.29) is 15.4 Å². The molecular formula is C30H26F2N8O2S. The van der Waals surface area contributed by atoms with Gasteiger partial charge in [-0.1, -0.05) is 18.2 Å². The first kappa shape index (κ1) is 28.1. The van der Waals surface area contributed by atoms with E-state index in [9.17, 15) is 18.4 Å². The van der Waals surface area contributed by atoms with Gasteiger partial charge in [0, 0.05) is 46.9 Å². The van der Waals surface area contributed by atoms with Crippen molar-refractivity contribution in [2.45, 2.75) is 33.7 Å². The lowest BCUT2D eigenvalue weighted by Crippen LogP contribution is -2.17. The molecule has 5 heterocycles. The Kier molecular flexibility index (Phi) is 6.97. The van der Waals surface area contributed by atoms with E-state index in [1.807, 2.05) is 30.7 Å². The lowest BCUT2D eigenvalue weighted by Gasteiger charge is -2.13. The molecule has 0 aliphatic rings. The van der Waals surface area contributed by atoms with Crippen molar-refractivity contribution in [3.63, 3.8) is 0 Å². The fourth-order valence-electron chi connectivity index (χ4n) is 5.20. The number of nitrogens with one attached hydrogen (secondary N) is 1. The van der Waals surface area contributed by atoms with E-state index < -0.39 is 23.9 Å². The molecule has 5 aromatic heterocycles. The molecule has 0 saturated carbocycles. The Morgan fingerprint density at radius 2 is 1.77 bits per heavy atom. The van der Waals surface area contributed by atoms with Crippen LogP contribution in [0.25, 0.3) is 43.5 Å². The first-order valence-electron chi connectivity index (χ1n) is 13.4. The van der Waals surface area contributed by atoms with Gasteiger partial charge in [-0.2, -0.15) is 10.2 Å². The van der Waals surface area contributed by atoms with Gasteiger partial charge in [0.2, 0.25) is 0 Å². The number of aryl methyl sites for hydroxylation is 2. The maximum absolute atomic E-state index is 14.1. The van der Waals surface area contributed by atoms with Crippen LogP contribution in [0.2, 0.25) is 0 Å². The zero-order chi connectivity index (χ0) is 30.6. The van der Waals surface area contributed by atoms with Gasteiger partial charge in [0.05, 0.1) is 34.9 Å². The van der Waals surface area contributed by atoms with Crippen LogP contribution in [0.3, 0.4) is 0 Å². The number of fused-ring (bicyclic) bond motifs is 2. The summed E-state index contributed by atoms with van der Waals surface area (Å²) in [5.74, 6) is -1.36. The molecule has 0 bridgehead atoms. The van der Waals surface area contributed by atoms with Gasteiger partial charge in [0.25, 0.3) is 18.2 Å². The summed E-state index contributed by atoms with van der Waals surface area (Å²) in [6, 6.07) is 10.2. The van der Waals surface area contributed by atoms with Crippen LogP contribution in [0, 0.1) is 13.8 Å². The number of carbonyl (C=O) groups is 2. The Bertz CT molecular complexity index is 2080. The quantitative estimate of drug-likeness (QED) is 0.230. The van der Waals surface area contributed by atoms with Crippen LogP contribution in [0.4, 0.5) is 14.5 Å². The lowest BCUT2D eigenvalue weighted by molar-refractivity contribution is 0.100. The van der Waals surface area contributed by atoms with Crippen molar-refractivity contribution in [2.24, 2.45) is 12.8 Å². The van der Waals surface area contributed by atoms with E-state index in [0.717, 1.165) is 22.6 Å². The number of thiophene rings is 1. The summed E-state index contributed by atoms with van der Waals surface area (Å²) in [5, 5.41) is 12.5. The van der Waals surface area contributed by atoms with Gasteiger partial charge in [-0.3, -0.25) is 19.0 Å². The standard InChI is InChI=1S/C30H26F2N8O2S/c1-5-40-15(3)20(13-35-40)22-11-18(16-8-6-7-9-21(16)36-22)29(42)38-25-24-17(19-12-34-39(4)14(19)2)10-23(27(31)32)37-30(24)43-26(25)28(33)41/h6-13,27H,5H2,1-4H3,(H2,33,41)(H,38,42). The molecule has 0 saturated heterocycles. The summed E-state index contributed by atoms with van der Waals surface area (Å²) >= 11 is 0.849. The number of hydrogen-bond donors (Lipinski definition) is 2. The molecule has 10 nitrogen and oxygen atoms in total. The summed E-state index contributed by atoms with van der Waals surface area (Å²) in [4.78, 5) is 35.8. The van der Waals surface area contributed by atoms with Gasteiger partial charge >= 0.3 is 0 Å². The summed E-state index contributed by atoms with van der Waals surface area (Å²) < 4.78 is 31.3. The fourth-order valence-corrected chi connectivity index (χ4v) is 6.21. The normalized spacial score (nSPS) is 11.6. The monoisotopic (exact) mass is 600 g/mol. The highest BCUT2D eigenvalue weighted by atomic mass is 32.1. The molecule has 2 amide bonds. The van der Waals surface area contributed by atoms with Gasteiger partial charge in [0.1, 0.15) is 15.4 Å². The number of pyridine rings is 2. The number of hydrogen-bond acceptors (Lipinski definition) is 7. The third-order valence-electron chi connectivity index (χ3n) is 7.53. The average molecular weight is 601 g/mol. The summed E-state index contributed by atoms with van der Waals surface area (Å²) in [6.07, 6.45) is 0.400. The maximum atomic E-state index is 14.1. The molecule has 13 heteroatoms. The molecule has 0 fully saturated rings. The number of para-hydroxylation sites is 1. The topological polar surface area (TPSA) is 134 Å². The molecule has 0 unspecified atom stereocenters. The van der Waals surface area contributed by atoms with E-state index in [1.165, 1.54) is 6.07 Å². The Labute approximate surface area is 248 Å². The van der Waals surface area contributed by atoms with Gasteiger partial charge in [-0.05, 0) is 44.5 Å². The number of halogens is 2. The molecule has 1 aromatic carbocycles. The minimum absolute atomic E-state index is 0.0105. The predicted molar refractivity (Wildman–Crippen MR) is 161 cm³/mol. The molecule has 6 aromatic rings. The lowest BCUT2D eigenvalue weighted by atomic mass is 10.0. The van der Waals surface area contributed by atoms with Crippen LogP contribution in [0.1, 0.15) is 50.5 Å². The number of rotatable bonds is 7. The smallest absolute Gasteiger partial charge is 0.280 e. The van der Waals surface area contributed by atoms with Crippen molar-refractivity contribution in [3.05, 3.63) is 76.3 Å². The number of amides is 2. The van der Waals surface area contributed by atoms with E-state index in [0.29, 0.717) is 50.9 Å². The van der Waals surface area contributed by atoms with E-state index in [4.69, 9.17) is 10.7 Å². The number of primary amides is 1. The van der Waals surface area contributed by atoms with Gasteiger partial charge in [0.15, 0.2) is 0 Å². The Morgan fingerprint density at radius 3 is 2.42 bits per heavy atom. The van der Waals surface area contributed by atoms with E-state index in [1.54, 1.807) is 49.2 Å². The fraction of sp³-hybridized carbons (Fsp3) is 0.200. The summed E-state index contributed by atoms with van der Waals surface area (Å²) in [7, 11) is 1.73. The maximum Gasteiger partial charge on any atom is 0.280 e. The molecular weight excluding hydrogens is 574 g/mol. The van der Waals surface area contributed by atoms with Gasteiger partial charge < -0.3 is 11.1 Å². The molecule has 43 heavy (non-hydrogen) atoms. The third kappa shape index (κ3) is 4.71. The molecule has 6 rings (SSSR count). The zero-order valence-electron chi connectivity index (χ0n) is 23.6. The highest BCUT2D eigenvalue weighted by Gasteiger charge is 2.27. The minimum atomic E-state index is -2.86. The first-order chi connectivity index (χ1) is 20.6. The highest BCUT2D eigenvalue weighted by molar-refractivity contribution is 7.21. The van der Waals surface area contributed by atoms with Crippen LogP contribution >= 0.6 is 11.3 Å². The second-order valence-electron chi connectivity index (χ2n) is 10.00. The summed E-state index contributed by atoms with van der Waals surface area (Å²) in [5.41, 5.74) is 10.1. The molecule has 3 N–H and O–H groups in total. The molecule has 0 aliphatic heterocycles. The molecule has 218 valence electrons. The van der Waals surface area contributed by atoms with Crippen molar-refractivity contribution in [1.29, 1.82) is 0 Å². The van der Waals surface area contributed by atoms with Gasteiger partial charge in [-0.15, -0.1) is 11.3 Å². The van der Waals surface area contributed by atoms with Crippen LogP contribution < -0.4 is 11.1 Å². The largest absolute Gasteiger partial charge is 0.365 e. The van der Waals surface area contributed by atoms with Crippen LogP contribution in [0.15, 0.2) is 48.8 Å². The zero-order valence-corrected chi connectivity index (χ0v) is 24.5. The Balaban J connectivity index is 1.56. The third-order valence-corrected chi connectivity index (χ3v) is 8.63. The molecule has 0 radical (unpaired) electrons. The van der Waals surface area contributed by atoms with Crippen molar-refractivity contribution < 1.29 is 18.4 Å². The number of alkyl halides is 2. The second kappa shape index (κ2) is 10.7. The number of aromatic nitrogens is 6. The van der Waals surface area contributed by atoms with Crippen molar-refractivity contribution in [2.75, 3.05) is 5.32 Å². The van der Waals surface area contributed by atoms with Crippen molar-refractivity contribution in [3.8, 4) is 22.4 Å². The molecule has 0 atom stereocenters. The SMILES string of the molecule is CCn1ncc(-c2cc(C(=O)Nc3c(C(N)=O)sc4nc(C(F)F)cc(-c5cnn(C)c5C)c34)c3ccccc3n2)c1C. The second-order valence-corrected chi connectivity index (χ2v) is 11.0. The van der Waals surface area contributed by atoms with Crippen LogP contribution in [-0.4, -0.2) is 41.3 Å². The van der Waals surface area contributed by atoms with Gasteiger partial charge in [-0.25, -0.2) is 18.7 Å². The predicted octanol–water partition coefficient (Wildman–Crippen LogP) is 6.03. The first-order valence-corrected chi connectivity index (χ1v) is 14.2. The number of nitrogens with two attached hydrogens (primary N) is 1. The highest BCUT2D eigenvalue weighted by Crippen LogP contribution is 2.43. The minimum Gasteiger partial charge on any atom is -0.365 e. The Hall–Kier alpha value is -5.04. The van der Waals surface area contributed by atoms with Crippen LogP contribution in [-0.2, 0) is 13.6 Å². The van der Waals surface area contributed by atoms with E-state index >= 15 is 0 Å². The molecule has 0 aliphatic carbocycles. The van der Waals surface area contributed by atoms with E-state index in [2.05, 4.69) is 20.5 Å². The average Bonchev–Trinajstić information content (AvgIpc) is 3.66. The number of anilines is 1. The molecule has 0 spiro atoms. The Morgan fingerprint density at radius 1 is 1.02 bits per heavy atom. The van der Waals surface area contributed by atoms with Crippen molar-refractivity contribution in [1.82, 2.24) is 29.5 Å². The summed E-state index contributed by atoms with van der Waals surface area (Å²) in [6.45, 7) is 6.39. The number of nitrogens with zero attached hydrogens (tertiary/aromatic N) is 6. The van der Waals surface area contributed by atoms with Crippen molar-refractivity contribution >= 4 is 50.0 Å². The number of benzene rings is 1. The number of carbonyl (C=O) groups excluding carboxylic acids is 2. The van der Waals surface area contributed by atoms with Crippen LogP contribution in [0.5, 0.6) is 0 Å².